The highest BCUT2D eigenvalue weighted by Gasteiger charge is 2.32. The molecule has 8 heteroatoms. The molecule has 0 radical (unpaired) electrons. The molecule has 1 aromatic heterocycles. The van der Waals surface area contributed by atoms with Crippen molar-refractivity contribution in [1.82, 2.24) is 14.7 Å². The lowest BCUT2D eigenvalue weighted by molar-refractivity contribution is -0.122. The Labute approximate surface area is 202 Å². The van der Waals surface area contributed by atoms with Crippen LogP contribution in [0.25, 0.3) is 23.0 Å². The number of carbonyl (C=O) groups excluding carboxylic acids is 1. The van der Waals surface area contributed by atoms with Gasteiger partial charge in [0, 0.05) is 23.9 Å². The molecule has 0 saturated carbocycles. The maximum atomic E-state index is 13.1. The molecule has 5 rings (SSSR count). The summed E-state index contributed by atoms with van der Waals surface area (Å²) in [6.07, 6.45) is 4.74. The Kier molecular flexibility index (Phi) is 5.95. The summed E-state index contributed by atoms with van der Waals surface area (Å²) in [4.78, 5) is 15.4. The number of thioether (sulfide) groups is 1. The Hall–Kier alpha value is -3.10. The lowest BCUT2D eigenvalue weighted by Gasteiger charge is -2.15. The Morgan fingerprint density at radius 3 is 2.73 bits per heavy atom. The fourth-order valence-corrected chi connectivity index (χ4v) is 4.99. The van der Waals surface area contributed by atoms with Crippen molar-refractivity contribution < 1.29 is 14.3 Å². The van der Waals surface area contributed by atoms with Gasteiger partial charge in [0.25, 0.3) is 5.91 Å². The second kappa shape index (κ2) is 9.03. The van der Waals surface area contributed by atoms with E-state index in [-0.39, 0.29) is 12.7 Å². The number of para-hydroxylation sites is 1. The van der Waals surface area contributed by atoms with E-state index in [9.17, 15) is 4.79 Å². The number of hydrogen-bond acceptors (Lipinski definition) is 6. The van der Waals surface area contributed by atoms with Crippen LogP contribution in [0.4, 0.5) is 0 Å². The average Bonchev–Trinajstić information content (AvgIpc) is 3.51. The SMILES string of the molecule is CC(C)CCN1C(=O)/C(=C/c2cn(-c3ccccc3)nc2-c2ccc3c(c2)OCO3)SC1=S. The van der Waals surface area contributed by atoms with Crippen molar-refractivity contribution in [3.05, 3.63) is 65.2 Å². The van der Waals surface area contributed by atoms with Crippen LogP contribution < -0.4 is 9.47 Å². The fourth-order valence-electron chi connectivity index (χ4n) is 3.70. The Balaban J connectivity index is 1.54. The number of aromatic nitrogens is 2. The molecule has 3 heterocycles. The molecule has 0 unspecified atom stereocenters. The van der Waals surface area contributed by atoms with E-state index in [0.717, 1.165) is 28.9 Å². The van der Waals surface area contributed by atoms with E-state index in [0.29, 0.717) is 33.2 Å². The Morgan fingerprint density at radius 2 is 1.94 bits per heavy atom. The molecule has 33 heavy (non-hydrogen) atoms. The lowest BCUT2D eigenvalue weighted by Crippen LogP contribution is -2.29. The van der Waals surface area contributed by atoms with Gasteiger partial charge >= 0.3 is 0 Å². The third kappa shape index (κ3) is 4.41. The van der Waals surface area contributed by atoms with Gasteiger partial charge in [-0.25, -0.2) is 4.68 Å². The quantitative estimate of drug-likeness (QED) is 0.344. The van der Waals surface area contributed by atoms with Crippen LogP contribution in [0.3, 0.4) is 0 Å². The number of rotatable bonds is 6. The molecule has 2 aliphatic rings. The third-order valence-electron chi connectivity index (χ3n) is 5.50. The molecule has 168 valence electrons. The lowest BCUT2D eigenvalue weighted by atomic mass is 10.1. The highest BCUT2D eigenvalue weighted by atomic mass is 32.2. The minimum absolute atomic E-state index is 0.0465. The molecule has 2 aromatic carbocycles. The standard InChI is InChI=1S/C25H23N3O3S2/c1-16(2)10-11-27-24(29)22(33-25(27)32)13-18-14-28(19-6-4-3-5-7-19)26-23(18)17-8-9-20-21(12-17)31-15-30-20/h3-9,12-14,16H,10-11,15H2,1-2H3/b22-13-. The van der Waals surface area contributed by atoms with Crippen molar-refractivity contribution in [3.63, 3.8) is 0 Å². The molecule has 0 N–H and O–H groups in total. The first-order valence-corrected chi connectivity index (χ1v) is 12.0. The van der Waals surface area contributed by atoms with E-state index < -0.39 is 0 Å². The van der Waals surface area contributed by atoms with Crippen LogP contribution in [0.5, 0.6) is 11.5 Å². The van der Waals surface area contributed by atoms with Gasteiger partial charge in [0.15, 0.2) is 11.5 Å². The van der Waals surface area contributed by atoms with Gasteiger partial charge in [0.1, 0.15) is 10.0 Å². The van der Waals surface area contributed by atoms with Crippen molar-refractivity contribution in [2.24, 2.45) is 5.92 Å². The molecule has 0 bridgehead atoms. The molecule has 1 amide bonds. The summed E-state index contributed by atoms with van der Waals surface area (Å²) in [5, 5.41) is 4.85. The summed E-state index contributed by atoms with van der Waals surface area (Å²) in [5.41, 5.74) is 3.41. The number of nitrogens with zero attached hydrogens (tertiary/aromatic N) is 3. The van der Waals surface area contributed by atoms with Gasteiger partial charge < -0.3 is 9.47 Å². The van der Waals surface area contributed by atoms with Crippen LogP contribution in [0.2, 0.25) is 0 Å². The van der Waals surface area contributed by atoms with Gasteiger partial charge in [-0.05, 0) is 48.7 Å². The summed E-state index contributed by atoms with van der Waals surface area (Å²) >= 11 is 6.85. The second-order valence-electron chi connectivity index (χ2n) is 8.30. The molecule has 0 aliphatic carbocycles. The second-order valence-corrected chi connectivity index (χ2v) is 9.97. The van der Waals surface area contributed by atoms with Crippen LogP contribution in [0.15, 0.2) is 59.6 Å². The van der Waals surface area contributed by atoms with E-state index in [1.54, 1.807) is 4.90 Å². The number of carbonyl (C=O) groups is 1. The van der Waals surface area contributed by atoms with E-state index in [4.69, 9.17) is 26.8 Å². The first kappa shape index (κ1) is 21.7. The van der Waals surface area contributed by atoms with Crippen molar-refractivity contribution in [2.45, 2.75) is 20.3 Å². The van der Waals surface area contributed by atoms with Gasteiger partial charge in [-0.1, -0.05) is 56.0 Å². The average molecular weight is 478 g/mol. The molecular weight excluding hydrogens is 454 g/mol. The van der Waals surface area contributed by atoms with E-state index in [1.807, 2.05) is 65.5 Å². The fraction of sp³-hybridized carbons (Fsp3) is 0.240. The summed E-state index contributed by atoms with van der Waals surface area (Å²) in [5.74, 6) is 1.86. The van der Waals surface area contributed by atoms with Crippen molar-refractivity contribution in [3.8, 4) is 28.4 Å². The molecule has 6 nitrogen and oxygen atoms in total. The minimum atomic E-state index is -0.0465. The van der Waals surface area contributed by atoms with E-state index in [2.05, 4.69) is 13.8 Å². The summed E-state index contributed by atoms with van der Waals surface area (Å²) in [7, 11) is 0. The van der Waals surface area contributed by atoms with Gasteiger partial charge in [-0.3, -0.25) is 9.69 Å². The largest absolute Gasteiger partial charge is 0.454 e. The maximum Gasteiger partial charge on any atom is 0.266 e. The zero-order chi connectivity index (χ0) is 22.9. The van der Waals surface area contributed by atoms with E-state index in [1.165, 1.54) is 11.8 Å². The number of fused-ring (bicyclic) bond motifs is 1. The zero-order valence-electron chi connectivity index (χ0n) is 18.4. The molecule has 1 fully saturated rings. The molecule has 2 aliphatic heterocycles. The number of benzene rings is 2. The Morgan fingerprint density at radius 1 is 1.15 bits per heavy atom. The van der Waals surface area contributed by atoms with Gasteiger partial charge in [-0.2, -0.15) is 5.10 Å². The van der Waals surface area contributed by atoms with Crippen molar-refractivity contribution in [2.75, 3.05) is 13.3 Å². The van der Waals surface area contributed by atoms with Gasteiger partial charge in [-0.15, -0.1) is 0 Å². The zero-order valence-corrected chi connectivity index (χ0v) is 20.0. The summed E-state index contributed by atoms with van der Waals surface area (Å²) in [6.45, 7) is 5.13. The van der Waals surface area contributed by atoms with Crippen LogP contribution in [0, 0.1) is 5.92 Å². The Bertz CT molecular complexity index is 1250. The monoisotopic (exact) mass is 477 g/mol. The molecular formula is C25H23N3O3S2. The summed E-state index contributed by atoms with van der Waals surface area (Å²) in [6, 6.07) is 15.6. The summed E-state index contributed by atoms with van der Waals surface area (Å²) < 4.78 is 13.4. The maximum absolute atomic E-state index is 13.1. The number of thiocarbonyl (C=S) groups is 1. The number of amides is 1. The van der Waals surface area contributed by atoms with E-state index >= 15 is 0 Å². The first-order valence-electron chi connectivity index (χ1n) is 10.8. The minimum Gasteiger partial charge on any atom is -0.454 e. The van der Waals surface area contributed by atoms with Crippen molar-refractivity contribution >= 4 is 40.3 Å². The smallest absolute Gasteiger partial charge is 0.266 e. The van der Waals surface area contributed by atoms with Gasteiger partial charge in [0.05, 0.1) is 10.6 Å². The predicted octanol–water partition coefficient (Wildman–Crippen LogP) is 5.52. The van der Waals surface area contributed by atoms with Gasteiger partial charge in [0.2, 0.25) is 6.79 Å². The van der Waals surface area contributed by atoms with Crippen LogP contribution >= 0.6 is 24.0 Å². The highest BCUT2D eigenvalue weighted by molar-refractivity contribution is 8.26. The van der Waals surface area contributed by atoms with Crippen LogP contribution in [-0.4, -0.2) is 38.2 Å². The topological polar surface area (TPSA) is 56.6 Å². The number of hydrogen-bond donors (Lipinski definition) is 0. The molecule has 1 saturated heterocycles. The predicted molar refractivity (Wildman–Crippen MR) is 134 cm³/mol. The normalized spacial score (nSPS) is 16.5. The van der Waals surface area contributed by atoms with Crippen molar-refractivity contribution in [1.29, 1.82) is 0 Å². The molecule has 0 atom stereocenters. The van der Waals surface area contributed by atoms with Crippen LogP contribution in [0.1, 0.15) is 25.8 Å². The van der Waals surface area contributed by atoms with Crippen LogP contribution in [-0.2, 0) is 4.79 Å². The molecule has 3 aromatic rings. The highest BCUT2D eigenvalue weighted by Crippen LogP contribution is 2.38. The number of ether oxygens (including phenoxy) is 2. The third-order valence-corrected chi connectivity index (χ3v) is 6.88. The first-order chi connectivity index (χ1) is 16.0. The molecule has 0 spiro atoms.